The van der Waals surface area contributed by atoms with Gasteiger partial charge < -0.3 is 23.9 Å². The second-order valence-corrected chi connectivity index (χ2v) is 6.19. The zero-order chi connectivity index (χ0) is 17.2. The third-order valence-electron chi connectivity index (χ3n) is 4.58. The predicted molar refractivity (Wildman–Crippen MR) is 95.8 cm³/mol. The number of piperazine rings is 1. The lowest BCUT2D eigenvalue weighted by atomic mass is 10.1. The molecular weight excluding hydrogens is 360 g/mol. The van der Waals surface area contributed by atoms with Gasteiger partial charge in [-0.15, -0.1) is 12.4 Å². The summed E-state index contributed by atoms with van der Waals surface area (Å²) in [4.78, 5) is 16.6. The number of aliphatic hydroxyl groups excluding tert-OH is 1. The zero-order valence-electron chi connectivity index (χ0n) is 14.2. The van der Waals surface area contributed by atoms with E-state index in [0.717, 1.165) is 0 Å². The summed E-state index contributed by atoms with van der Waals surface area (Å²) in [5.74, 6) is 1.85. The van der Waals surface area contributed by atoms with E-state index >= 15 is 0 Å². The lowest BCUT2D eigenvalue weighted by molar-refractivity contribution is 0.0486. The number of carbonyl (C=O) groups is 1. The monoisotopic (exact) mass is 380 g/mol. The van der Waals surface area contributed by atoms with E-state index < -0.39 is 6.10 Å². The van der Waals surface area contributed by atoms with Crippen molar-refractivity contribution < 1.29 is 23.8 Å². The summed E-state index contributed by atoms with van der Waals surface area (Å²) in [7, 11) is 0. The number of rotatable bonds is 4. The largest absolute Gasteiger partial charge is 0.467 e. The molecule has 2 aromatic rings. The molecule has 0 spiro atoms. The van der Waals surface area contributed by atoms with Crippen molar-refractivity contribution in [2.45, 2.75) is 6.10 Å². The van der Waals surface area contributed by atoms with Crippen molar-refractivity contribution in [2.75, 3.05) is 39.5 Å². The van der Waals surface area contributed by atoms with E-state index in [9.17, 15) is 9.90 Å². The Labute approximate surface area is 157 Å². The van der Waals surface area contributed by atoms with Crippen molar-refractivity contribution in [2.24, 2.45) is 0 Å². The predicted octanol–water partition coefficient (Wildman–Crippen LogP) is 1.92. The molecule has 0 saturated carbocycles. The maximum atomic E-state index is 12.7. The van der Waals surface area contributed by atoms with Crippen LogP contribution >= 0.6 is 12.4 Å². The van der Waals surface area contributed by atoms with Crippen molar-refractivity contribution in [1.82, 2.24) is 9.80 Å². The Morgan fingerprint density at radius 1 is 1.12 bits per heavy atom. The van der Waals surface area contributed by atoms with Crippen LogP contribution in [0.4, 0.5) is 0 Å². The number of hydrogen-bond acceptors (Lipinski definition) is 6. The third-order valence-corrected chi connectivity index (χ3v) is 4.58. The average molecular weight is 381 g/mol. The summed E-state index contributed by atoms with van der Waals surface area (Å²) >= 11 is 0. The lowest BCUT2D eigenvalue weighted by Crippen LogP contribution is -2.49. The molecule has 3 heterocycles. The van der Waals surface area contributed by atoms with E-state index in [-0.39, 0.29) is 25.1 Å². The van der Waals surface area contributed by atoms with Crippen molar-refractivity contribution in [3.05, 3.63) is 47.9 Å². The van der Waals surface area contributed by atoms with Crippen molar-refractivity contribution >= 4 is 18.3 Å². The maximum absolute atomic E-state index is 12.7. The van der Waals surface area contributed by atoms with Crippen LogP contribution in [0, 0.1) is 0 Å². The van der Waals surface area contributed by atoms with Gasteiger partial charge in [0.2, 0.25) is 6.79 Å². The SMILES string of the molecule is Cl.O=C(c1ccc2c(c1)OCO2)N1CCN(CC(O)c2ccco2)CC1. The van der Waals surface area contributed by atoms with Crippen LogP contribution in [-0.2, 0) is 0 Å². The number of furan rings is 1. The van der Waals surface area contributed by atoms with E-state index in [4.69, 9.17) is 13.9 Å². The van der Waals surface area contributed by atoms with Gasteiger partial charge in [-0.05, 0) is 30.3 Å². The first kappa shape index (κ1) is 18.6. The van der Waals surface area contributed by atoms with Gasteiger partial charge >= 0.3 is 0 Å². The fraction of sp³-hybridized carbons (Fsp3) is 0.389. The Kier molecular flexibility index (Phi) is 5.70. The first-order valence-electron chi connectivity index (χ1n) is 8.33. The highest BCUT2D eigenvalue weighted by atomic mass is 35.5. The fourth-order valence-electron chi connectivity index (χ4n) is 3.16. The molecule has 1 aromatic heterocycles. The molecule has 1 amide bonds. The van der Waals surface area contributed by atoms with Crippen LogP contribution in [0.3, 0.4) is 0 Å². The molecule has 2 aliphatic rings. The molecule has 0 radical (unpaired) electrons. The highest BCUT2D eigenvalue weighted by Crippen LogP contribution is 2.32. The van der Waals surface area contributed by atoms with Crippen molar-refractivity contribution in [3.8, 4) is 11.5 Å². The Balaban J connectivity index is 0.00000196. The van der Waals surface area contributed by atoms with Crippen LogP contribution < -0.4 is 9.47 Å². The minimum atomic E-state index is -0.647. The van der Waals surface area contributed by atoms with E-state index in [1.807, 2.05) is 4.90 Å². The highest BCUT2D eigenvalue weighted by molar-refractivity contribution is 5.95. The summed E-state index contributed by atoms with van der Waals surface area (Å²) in [6.45, 7) is 3.38. The number of hydrogen-bond donors (Lipinski definition) is 1. The summed E-state index contributed by atoms with van der Waals surface area (Å²) in [5.41, 5.74) is 0.605. The number of fused-ring (bicyclic) bond motifs is 1. The normalized spacial score (nSPS) is 17.7. The van der Waals surface area contributed by atoms with Gasteiger partial charge in [0.25, 0.3) is 5.91 Å². The third kappa shape index (κ3) is 3.80. The molecule has 4 rings (SSSR count). The summed E-state index contributed by atoms with van der Waals surface area (Å²) < 4.78 is 15.8. The fourth-order valence-corrected chi connectivity index (χ4v) is 3.16. The van der Waals surface area contributed by atoms with Crippen LogP contribution in [0.1, 0.15) is 22.2 Å². The quantitative estimate of drug-likeness (QED) is 0.873. The molecule has 8 heteroatoms. The number of nitrogens with zero attached hydrogens (tertiary/aromatic N) is 2. The molecule has 1 atom stereocenters. The summed E-state index contributed by atoms with van der Waals surface area (Å²) in [6.07, 6.45) is 0.909. The van der Waals surface area contributed by atoms with E-state index in [1.165, 1.54) is 0 Å². The van der Waals surface area contributed by atoms with E-state index in [1.54, 1.807) is 36.6 Å². The Morgan fingerprint density at radius 3 is 2.62 bits per heavy atom. The molecule has 1 aromatic carbocycles. The van der Waals surface area contributed by atoms with Crippen molar-refractivity contribution in [1.29, 1.82) is 0 Å². The smallest absolute Gasteiger partial charge is 0.254 e. The topological polar surface area (TPSA) is 75.4 Å². The van der Waals surface area contributed by atoms with Crippen LogP contribution in [0.5, 0.6) is 11.5 Å². The molecule has 140 valence electrons. The number of β-amino-alcohol motifs (C(OH)–C–C–N with tert-alkyl or cyclic N) is 1. The van der Waals surface area contributed by atoms with Gasteiger partial charge in [0.05, 0.1) is 6.26 Å². The number of carbonyl (C=O) groups excluding carboxylic acids is 1. The summed E-state index contributed by atoms with van der Waals surface area (Å²) in [6, 6.07) is 8.80. The number of halogens is 1. The molecular formula is C18H21ClN2O5. The van der Waals surface area contributed by atoms with Gasteiger partial charge in [0.1, 0.15) is 11.9 Å². The van der Waals surface area contributed by atoms with Gasteiger partial charge in [0.15, 0.2) is 11.5 Å². The standard InChI is InChI=1S/C18H20N2O5.ClH/c21-14(15-2-1-9-23-15)11-19-5-7-20(8-6-19)18(22)13-3-4-16-17(10-13)25-12-24-16;/h1-4,9-10,14,21H,5-8,11-12H2;1H. The number of aliphatic hydroxyl groups is 1. The molecule has 1 saturated heterocycles. The lowest BCUT2D eigenvalue weighted by Gasteiger charge is -2.35. The van der Waals surface area contributed by atoms with Gasteiger partial charge in [-0.3, -0.25) is 9.69 Å². The van der Waals surface area contributed by atoms with Crippen molar-refractivity contribution in [3.63, 3.8) is 0 Å². The molecule has 1 fully saturated rings. The molecule has 26 heavy (non-hydrogen) atoms. The maximum Gasteiger partial charge on any atom is 0.254 e. The van der Waals surface area contributed by atoms with E-state index in [2.05, 4.69) is 4.90 Å². The van der Waals surface area contributed by atoms with Gasteiger partial charge in [-0.2, -0.15) is 0 Å². The van der Waals surface area contributed by atoms with Gasteiger partial charge in [-0.1, -0.05) is 0 Å². The molecule has 2 aliphatic heterocycles. The van der Waals surface area contributed by atoms with Gasteiger partial charge in [0, 0.05) is 38.3 Å². The average Bonchev–Trinajstić information content (AvgIpc) is 3.32. The molecule has 0 bridgehead atoms. The number of ether oxygens (including phenoxy) is 2. The first-order chi connectivity index (χ1) is 12.2. The van der Waals surface area contributed by atoms with Crippen LogP contribution in [0.2, 0.25) is 0 Å². The minimum absolute atomic E-state index is 0. The molecule has 1 unspecified atom stereocenters. The van der Waals surface area contributed by atoms with Gasteiger partial charge in [-0.25, -0.2) is 0 Å². The second-order valence-electron chi connectivity index (χ2n) is 6.19. The van der Waals surface area contributed by atoms with E-state index in [0.29, 0.717) is 55.5 Å². The Hall–Kier alpha value is -2.22. The minimum Gasteiger partial charge on any atom is -0.467 e. The molecule has 0 aliphatic carbocycles. The highest BCUT2D eigenvalue weighted by Gasteiger charge is 2.25. The number of benzene rings is 1. The molecule has 1 N–H and O–H groups in total. The van der Waals surface area contributed by atoms with Crippen LogP contribution in [0.25, 0.3) is 0 Å². The Morgan fingerprint density at radius 2 is 1.88 bits per heavy atom. The first-order valence-corrected chi connectivity index (χ1v) is 8.33. The Bertz CT molecular complexity index is 744. The molecule has 7 nitrogen and oxygen atoms in total. The second kappa shape index (κ2) is 7.99. The number of amides is 1. The zero-order valence-corrected chi connectivity index (χ0v) is 15.0. The van der Waals surface area contributed by atoms with Crippen LogP contribution in [0.15, 0.2) is 41.0 Å². The summed E-state index contributed by atoms with van der Waals surface area (Å²) in [5, 5.41) is 10.2. The van der Waals surface area contributed by atoms with Crippen LogP contribution in [-0.4, -0.2) is 60.3 Å².